The van der Waals surface area contributed by atoms with E-state index >= 15 is 0 Å². The van der Waals surface area contributed by atoms with Gasteiger partial charge in [0.25, 0.3) is 0 Å². The number of allylic oxidation sites excluding steroid dienone is 1. The Morgan fingerprint density at radius 3 is 1.76 bits per heavy atom. The molecule has 1 rings (SSSR count). The molecule has 0 atom stereocenters. The summed E-state index contributed by atoms with van der Waals surface area (Å²) in [5, 5.41) is 2.13. The van der Waals surface area contributed by atoms with Crippen LogP contribution in [0, 0.1) is 0 Å². The fourth-order valence-corrected chi connectivity index (χ4v) is 3.56. The van der Waals surface area contributed by atoms with Crippen LogP contribution in [0.15, 0.2) is 29.0 Å². The molecule has 0 amide bonds. The van der Waals surface area contributed by atoms with Gasteiger partial charge in [-0.15, -0.1) is 0 Å². The number of rotatable bonds is 5. The predicted molar refractivity (Wildman–Crippen MR) is 121 cm³/mol. The number of ether oxygens (including phenoxy) is 1. The van der Waals surface area contributed by atoms with Crippen molar-refractivity contribution >= 4 is 27.7 Å². The summed E-state index contributed by atoms with van der Waals surface area (Å²) < 4.78 is 5.80. The van der Waals surface area contributed by atoms with E-state index in [2.05, 4.69) is 71.7 Å². The average Bonchev–Trinajstić information content (AvgIpc) is 2.50. The van der Waals surface area contributed by atoms with E-state index in [0.717, 1.165) is 10.7 Å². The maximum Gasteiger partial charge on any atom is 0.126 e. The third-order valence-corrected chi connectivity index (χ3v) is 5.54. The molecule has 1 aromatic rings. The lowest BCUT2D eigenvalue weighted by atomic mass is 9.78. The van der Waals surface area contributed by atoms with Gasteiger partial charge in [-0.2, -0.15) is 0 Å². The maximum atomic E-state index is 5.80. The molecule has 0 saturated heterocycles. The van der Waals surface area contributed by atoms with Crippen molar-refractivity contribution in [1.82, 2.24) is 0 Å². The molecule has 0 unspecified atom stereocenters. The third-order valence-electron chi connectivity index (χ3n) is 3.44. The summed E-state index contributed by atoms with van der Waals surface area (Å²) in [4.78, 5) is 1.11. The molecule has 0 aliphatic rings. The van der Waals surface area contributed by atoms with Crippen molar-refractivity contribution in [3.05, 3.63) is 45.7 Å². The van der Waals surface area contributed by atoms with Gasteiger partial charge in [0.05, 0.1) is 7.11 Å². The van der Waals surface area contributed by atoms with Crippen molar-refractivity contribution in [1.29, 1.82) is 0 Å². The van der Waals surface area contributed by atoms with E-state index in [9.17, 15) is 0 Å². The fourth-order valence-electron chi connectivity index (χ4n) is 2.30. The van der Waals surface area contributed by atoms with Crippen LogP contribution in [0.4, 0.5) is 0 Å². The maximum absolute atomic E-state index is 5.80. The molecule has 0 saturated carbocycles. The molecule has 1 aromatic carbocycles. The molecule has 0 heterocycles. The molecular weight excluding hydrogens is 344 g/mol. The highest BCUT2D eigenvalue weighted by atomic mass is 33.1. The van der Waals surface area contributed by atoms with Crippen LogP contribution >= 0.6 is 21.6 Å². The van der Waals surface area contributed by atoms with Gasteiger partial charge >= 0.3 is 0 Å². The van der Waals surface area contributed by atoms with E-state index < -0.39 is 0 Å². The Hall–Kier alpha value is -0.800. The molecule has 142 valence electrons. The van der Waals surface area contributed by atoms with Gasteiger partial charge in [-0.05, 0) is 51.8 Å². The van der Waals surface area contributed by atoms with Crippen molar-refractivity contribution in [2.45, 2.75) is 73.1 Å². The molecule has 0 radical (unpaired) electrons. The van der Waals surface area contributed by atoms with E-state index in [1.54, 1.807) is 28.7 Å². The second kappa shape index (κ2) is 10.4. The Labute approximate surface area is 164 Å². The highest BCUT2D eigenvalue weighted by Gasteiger charge is 2.27. The largest absolute Gasteiger partial charge is 0.496 e. The monoisotopic (exact) mass is 380 g/mol. The van der Waals surface area contributed by atoms with E-state index in [0.29, 0.717) is 0 Å². The Kier molecular flexibility index (Phi) is 10.0. The molecule has 1 nitrogen and oxygen atoms in total. The van der Waals surface area contributed by atoms with Crippen LogP contribution in [-0.4, -0.2) is 7.11 Å². The molecule has 0 aromatic heterocycles. The van der Waals surface area contributed by atoms with Crippen molar-refractivity contribution < 1.29 is 4.74 Å². The first-order valence-electron chi connectivity index (χ1n) is 8.85. The smallest absolute Gasteiger partial charge is 0.126 e. The van der Waals surface area contributed by atoms with Gasteiger partial charge in [0.1, 0.15) is 5.75 Å². The number of methoxy groups -OCH3 is 1. The Balaban J connectivity index is 0.00000277. The first kappa shape index (κ1) is 24.2. The molecule has 0 aliphatic carbocycles. The molecule has 0 N–H and O–H groups in total. The zero-order chi connectivity index (χ0) is 19.8. The molecular formula is C22H36OS2. The second-order valence-corrected chi connectivity index (χ2v) is 10.2. The van der Waals surface area contributed by atoms with Crippen LogP contribution in [-0.2, 0) is 10.8 Å². The van der Waals surface area contributed by atoms with Gasteiger partial charge in [-0.25, -0.2) is 0 Å². The second-order valence-electron chi connectivity index (χ2n) is 7.83. The zero-order valence-corrected chi connectivity index (χ0v) is 19.4. The van der Waals surface area contributed by atoms with Crippen LogP contribution in [0.3, 0.4) is 0 Å². The lowest BCUT2D eigenvalue weighted by Crippen LogP contribution is -2.19. The summed E-state index contributed by atoms with van der Waals surface area (Å²) in [6, 6.07) is 4.49. The zero-order valence-electron chi connectivity index (χ0n) is 17.7. The standard InChI is InChI=1S/C20H30OS2.C2H6/c1-14(2)23-22-11-10-15-12-16(19(3,4)5)18(21-9)17(13-15)20(6,7)8;1-2/h10-13H,1H2,2-9H3;1-2H3/b11-10+;. The minimum Gasteiger partial charge on any atom is -0.496 e. The van der Waals surface area contributed by atoms with Gasteiger partial charge < -0.3 is 4.74 Å². The van der Waals surface area contributed by atoms with Gasteiger partial charge in [0, 0.05) is 11.1 Å². The number of hydrogen-bond acceptors (Lipinski definition) is 3. The number of benzene rings is 1. The lowest BCUT2D eigenvalue weighted by molar-refractivity contribution is 0.381. The molecule has 0 fully saturated rings. The van der Waals surface area contributed by atoms with Gasteiger partial charge in [-0.1, -0.05) is 83.6 Å². The van der Waals surface area contributed by atoms with E-state index in [-0.39, 0.29) is 10.8 Å². The van der Waals surface area contributed by atoms with Gasteiger partial charge in [0.15, 0.2) is 0 Å². The first-order chi connectivity index (χ1) is 11.5. The Morgan fingerprint density at radius 1 is 1.00 bits per heavy atom. The van der Waals surface area contributed by atoms with Crippen LogP contribution in [0.2, 0.25) is 0 Å². The van der Waals surface area contributed by atoms with Crippen molar-refractivity contribution in [3.8, 4) is 5.75 Å². The molecule has 0 aliphatic heterocycles. The van der Waals surface area contributed by atoms with Crippen molar-refractivity contribution in [2.24, 2.45) is 0 Å². The Morgan fingerprint density at radius 2 is 1.44 bits per heavy atom. The van der Waals surface area contributed by atoms with Gasteiger partial charge in [0.2, 0.25) is 0 Å². The van der Waals surface area contributed by atoms with E-state index in [4.69, 9.17) is 4.74 Å². The summed E-state index contributed by atoms with van der Waals surface area (Å²) >= 11 is 0. The van der Waals surface area contributed by atoms with Crippen LogP contribution < -0.4 is 4.74 Å². The Bertz CT molecular complexity index is 552. The summed E-state index contributed by atoms with van der Waals surface area (Å²) in [5.41, 5.74) is 3.80. The van der Waals surface area contributed by atoms with Gasteiger partial charge in [-0.3, -0.25) is 0 Å². The molecule has 25 heavy (non-hydrogen) atoms. The normalized spacial score (nSPS) is 11.9. The summed E-state index contributed by atoms with van der Waals surface area (Å²) in [5.74, 6) is 1.02. The number of hydrogen-bond donors (Lipinski definition) is 0. The summed E-state index contributed by atoms with van der Waals surface area (Å²) in [7, 11) is 5.16. The van der Waals surface area contributed by atoms with Crippen LogP contribution in [0.5, 0.6) is 5.75 Å². The SMILES string of the molecule is C=C(C)SS/C=C/c1cc(C(C)(C)C)c(OC)c(C(C)(C)C)c1.CC. The summed E-state index contributed by atoms with van der Waals surface area (Å²) in [6.45, 7) is 23.3. The van der Waals surface area contributed by atoms with Crippen molar-refractivity contribution in [2.75, 3.05) is 7.11 Å². The highest BCUT2D eigenvalue weighted by molar-refractivity contribution is 8.79. The average molecular weight is 381 g/mol. The fraction of sp³-hybridized carbons (Fsp3) is 0.545. The third kappa shape index (κ3) is 7.96. The van der Waals surface area contributed by atoms with Crippen LogP contribution in [0.25, 0.3) is 6.08 Å². The molecule has 0 bridgehead atoms. The topological polar surface area (TPSA) is 9.23 Å². The summed E-state index contributed by atoms with van der Waals surface area (Å²) in [6.07, 6.45) is 2.17. The minimum atomic E-state index is 0.0365. The van der Waals surface area contributed by atoms with Crippen molar-refractivity contribution in [3.63, 3.8) is 0 Å². The van der Waals surface area contributed by atoms with E-state index in [1.165, 1.54) is 16.7 Å². The first-order valence-corrected chi connectivity index (χ1v) is 11.1. The predicted octanol–water partition coefficient (Wildman–Crippen LogP) is 8.20. The van der Waals surface area contributed by atoms with E-state index in [1.807, 2.05) is 20.8 Å². The minimum absolute atomic E-state index is 0.0365. The lowest BCUT2D eigenvalue weighted by Gasteiger charge is -2.29. The quantitative estimate of drug-likeness (QED) is 0.476. The molecule has 3 heteroatoms. The van der Waals surface area contributed by atoms with Crippen LogP contribution in [0.1, 0.15) is 79.0 Å². The molecule has 0 spiro atoms. The highest BCUT2D eigenvalue weighted by Crippen LogP contribution is 2.41.